The lowest BCUT2D eigenvalue weighted by molar-refractivity contribution is 0.869. The normalized spacial score (nSPS) is 29.4. The highest BCUT2D eigenvalue weighted by Crippen LogP contribution is 2.45. The summed E-state index contributed by atoms with van der Waals surface area (Å²) in [5.41, 5.74) is 1.79. The Morgan fingerprint density at radius 2 is 2.27 bits per heavy atom. The Bertz CT molecular complexity index is 242. The van der Waals surface area contributed by atoms with Crippen LogP contribution in [-0.2, 0) is 0 Å². The molecule has 0 spiro atoms. The van der Waals surface area contributed by atoms with Crippen molar-refractivity contribution >= 4 is 0 Å². The quantitative estimate of drug-likeness (QED) is 0.435. The van der Waals surface area contributed by atoms with E-state index in [1.807, 2.05) is 13.0 Å². The number of rotatable bonds is 2. The Labute approximate surface area is 68.0 Å². The standard InChI is InChI=1S/C10H13N/c1-4-9(6-11)8(3)10-5-7(10)2/h4,7,10H,3,5H2,1-2H3/b9-4-/t7-,10?/m1/s1. The minimum absolute atomic E-state index is 0.584. The first-order valence-electron chi connectivity index (χ1n) is 3.96. The van der Waals surface area contributed by atoms with Crippen LogP contribution in [-0.4, -0.2) is 0 Å². The van der Waals surface area contributed by atoms with E-state index in [2.05, 4.69) is 19.6 Å². The maximum Gasteiger partial charge on any atom is 0.0990 e. The van der Waals surface area contributed by atoms with Crippen molar-refractivity contribution in [1.29, 1.82) is 5.26 Å². The third kappa shape index (κ3) is 1.51. The summed E-state index contributed by atoms with van der Waals surface area (Å²) in [5, 5.41) is 8.68. The highest BCUT2D eigenvalue weighted by molar-refractivity contribution is 5.43. The molecule has 1 fully saturated rings. The van der Waals surface area contributed by atoms with Crippen molar-refractivity contribution in [2.24, 2.45) is 11.8 Å². The number of hydrogen-bond donors (Lipinski definition) is 0. The average molecular weight is 147 g/mol. The molecule has 0 radical (unpaired) electrons. The van der Waals surface area contributed by atoms with Gasteiger partial charge >= 0.3 is 0 Å². The lowest BCUT2D eigenvalue weighted by Crippen LogP contribution is -1.88. The van der Waals surface area contributed by atoms with Crippen molar-refractivity contribution in [3.05, 3.63) is 23.8 Å². The summed E-state index contributed by atoms with van der Waals surface area (Å²) >= 11 is 0. The third-order valence-corrected chi connectivity index (χ3v) is 2.31. The molecule has 0 saturated heterocycles. The summed E-state index contributed by atoms with van der Waals surface area (Å²) in [6.07, 6.45) is 3.05. The predicted octanol–water partition coefficient (Wildman–Crippen LogP) is 2.67. The molecule has 1 aliphatic rings. The Morgan fingerprint density at radius 1 is 1.73 bits per heavy atom. The summed E-state index contributed by atoms with van der Waals surface area (Å²) in [5.74, 6) is 1.33. The van der Waals surface area contributed by atoms with Gasteiger partial charge in [-0.25, -0.2) is 0 Å². The molecule has 1 heteroatoms. The zero-order valence-corrected chi connectivity index (χ0v) is 7.09. The SMILES string of the molecule is C=C(/C(C#N)=C\C)C1C[C@H]1C. The van der Waals surface area contributed by atoms with Gasteiger partial charge in [0.15, 0.2) is 0 Å². The Hall–Kier alpha value is -1.03. The summed E-state index contributed by atoms with van der Waals surface area (Å²) in [6, 6.07) is 2.15. The van der Waals surface area contributed by atoms with Crippen molar-refractivity contribution in [2.45, 2.75) is 20.3 Å². The largest absolute Gasteiger partial charge is 0.192 e. The average Bonchev–Trinajstić information content (AvgIpc) is 2.69. The summed E-state index contributed by atoms with van der Waals surface area (Å²) in [6.45, 7) is 8.00. The van der Waals surface area contributed by atoms with Gasteiger partial charge in [-0.2, -0.15) is 5.26 Å². The van der Waals surface area contributed by atoms with Crippen LogP contribution in [0, 0.1) is 23.2 Å². The summed E-state index contributed by atoms with van der Waals surface area (Å²) < 4.78 is 0. The minimum Gasteiger partial charge on any atom is -0.192 e. The van der Waals surface area contributed by atoms with Crippen molar-refractivity contribution in [1.82, 2.24) is 0 Å². The first-order chi connectivity index (χ1) is 5.20. The Balaban J connectivity index is 2.63. The topological polar surface area (TPSA) is 23.8 Å². The molecular formula is C10H13N. The second-order valence-corrected chi connectivity index (χ2v) is 3.16. The molecule has 1 aliphatic carbocycles. The smallest absolute Gasteiger partial charge is 0.0990 e. The Kier molecular flexibility index (Phi) is 2.14. The molecule has 1 saturated carbocycles. The lowest BCUT2D eigenvalue weighted by atomic mass is 10.0. The number of nitrogens with zero attached hydrogens (tertiary/aromatic N) is 1. The van der Waals surface area contributed by atoms with Gasteiger partial charge < -0.3 is 0 Å². The van der Waals surface area contributed by atoms with E-state index in [0.29, 0.717) is 5.92 Å². The molecule has 0 N–H and O–H groups in total. The molecule has 0 aromatic rings. The van der Waals surface area contributed by atoms with E-state index in [4.69, 9.17) is 5.26 Å². The van der Waals surface area contributed by atoms with Crippen LogP contribution in [0.1, 0.15) is 20.3 Å². The molecule has 1 rings (SSSR count). The fourth-order valence-corrected chi connectivity index (χ4v) is 1.33. The van der Waals surface area contributed by atoms with Crippen molar-refractivity contribution < 1.29 is 0 Å². The first-order valence-corrected chi connectivity index (χ1v) is 3.96. The van der Waals surface area contributed by atoms with Gasteiger partial charge in [0.2, 0.25) is 0 Å². The molecule has 0 aliphatic heterocycles. The van der Waals surface area contributed by atoms with Gasteiger partial charge in [0.25, 0.3) is 0 Å². The second-order valence-electron chi connectivity index (χ2n) is 3.16. The van der Waals surface area contributed by atoms with Gasteiger partial charge in [-0.3, -0.25) is 0 Å². The number of allylic oxidation sites excluding steroid dienone is 3. The molecule has 0 aromatic heterocycles. The molecule has 0 amide bonds. The number of hydrogen-bond acceptors (Lipinski definition) is 1. The van der Waals surface area contributed by atoms with Crippen LogP contribution < -0.4 is 0 Å². The van der Waals surface area contributed by atoms with Gasteiger partial charge in [-0.05, 0) is 30.8 Å². The molecule has 1 nitrogen and oxygen atoms in total. The summed E-state index contributed by atoms with van der Waals surface area (Å²) in [4.78, 5) is 0. The highest BCUT2D eigenvalue weighted by atomic mass is 14.4. The van der Waals surface area contributed by atoms with Gasteiger partial charge in [-0.15, -0.1) is 0 Å². The molecule has 2 atom stereocenters. The highest BCUT2D eigenvalue weighted by Gasteiger charge is 2.35. The maximum atomic E-state index is 8.68. The van der Waals surface area contributed by atoms with Crippen molar-refractivity contribution in [2.75, 3.05) is 0 Å². The molecule has 0 heterocycles. The molecule has 11 heavy (non-hydrogen) atoms. The van der Waals surface area contributed by atoms with Gasteiger partial charge in [0.05, 0.1) is 11.6 Å². The maximum absolute atomic E-state index is 8.68. The van der Waals surface area contributed by atoms with Crippen molar-refractivity contribution in [3.63, 3.8) is 0 Å². The van der Waals surface area contributed by atoms with Crippen LogP contribution in [0.15, 0.2) is 23.8 Å². The van der Waals surface area contributed by atoms with Gasteiger partial charge in [-0.1, -0.05) is 19.6 Å². The van der Waals surface area contributed by atoms with E-state index < -0.39 is 0 Å². The van der Waals surface area contributed by atoms with E-state index in [-0.39, 0.29) is 0 Å². The molecule has 0 aromatic carbocycles. The van der Waals surface area contributed by atoms with Gasteiger partial charge in [0.1, 0.15) is 0 Å². The molecular weight excluding hydrogens is 134 g/mol. The minimum atomic E-state index is 0.584. The Morgan fingerprint density at radius 3 is 2.55 bits per heavy atom. The fraction of sp³-hybridized carbons (Fsp3) is 0.500. The summed E-state index contributed by atoms with van der Waals surface area (Å²) in [7, 11) is 0. The van der Waals surface area contributed by atoms with E-state index in [1.54, 1.807) is 0 Å². The third-order valence-electron chi connectivity index (χ3n) is 2.31. The van der Waals surface area contributed by atoms with Crippen molar-refractivity contribution in [3.8, 4) is 6.07 Å². The zero-order chi connectivity index (χ0) is 8.43. The van der Waals surface area contributed by atoms with Gasteiger partial charge in [0, 0.05) is 0 Å². The predicted molar refractivity (Wildman–Crippen MR) is 45.8 cm³/mol. The monoisotopic (exact) mass is 147 g/mol. The van der Waals surface area contributed by atoms with Crippen LogP contribution >= 0.6 is 0 Å². The van der Waals surface area contributed by atoms with Crippen LogP contribution in [0.2, 0.25) is 0 Å². The number of nitriles is 1. The van der Waals surface area contributed by atoms with E-state index in [9.17, 15) is 0 Å². The van der Waals surface area contributed by atoms with E-state index in [0.717, 1.165) is 17.1 Å². The van der Waals surface area contributed by atoms with Crippen LogP contribution in [0.4, 0.5) is 0 Å². The van der Waals surface area contributed by atoms with E-state index in [1.165, 1.54) is 6.42 Å². The zero-order valence-electron chi connectivity index (χ0n) is 7.09. The van der Waals surface area contributed by atoms with Crippen LogP contribution in [0.25, 0.3) is 0 Å². The molecule has 58 valence electrons. The van der Waals surface area contributed by atoms with E-state index >= 15 is 0 Å². The lowest BCUT2D eigenvalue weighted by Gasteiger charge is -1.99. The van der Waals surface area contributed by atoms with Crippen LogP contribution in [0.3, 0.4) is 0 Å². The first kappa shape index (κ1) is 8.07. The molecule has 0 bridgehead atoms. The second kappa shape index (κ2) is 2.92. The van der Waals surface area contributed by atoms with Crippen LogP contribution in [0.5, 0.6) is 0 Å². The fourth-order valence-electron chi connectivity index (χ4n) is 1.33. The molecule has 1 unspecified atom stereocenters.